The molecule has 0 radical (unpaired) electrons. The van der Waals surface area contributed by atoms with Gasteiger partial charge in [-0.1, -0.05) is 30.3 Å². The van der Waals surface area contributed by atoms with Crippen LogP contribution in [0.15, 0.2) is 35.3 Å². The molecule has 1 heterocycles. The molecule has 0 unspecified atom stereocenters. The van der Waals surface area contributed by atoms with Crippen molar-refractivity contribution in [2.75, 3.05) is 46.1 Å². The van der Waals surface area contributed by atoms with Crippen LogP contribution in [-0.4, -0.2) is 52.0 Å². The molecule has 5 nitrogen and oxygen atoms in total. The number of benzene rings is 1. The van der Waals surface area contributed by atoms with Crippen molar-refractivity contribution in [2.24, 2.45) is 4.99 Å². The zero-order valence-corrected chi connectivity index (χ0v) is 15.0. The average Bonchev–Trinajstić information content (AvgIpc) is 2.64. The summed E-state index contributed by atoms with van der Waals surface area (Å²) in [4.78, 5) is 4.87. The minimum Gasteiger partial charge on any atom is -0.381 e. The van der Waals surface area contributed by atoms with Crippen LogP contribution in [0.1, 0.15) is 32.3 Å². The van der Waals surface area contributed by atoms with Crippen molar-refractivity contribution in [3.05, 3.63) is 35.9 Å². The summed E-state index contributed by atoms with van der Waals surface area (Å²) in [7, 11) is 0. The lowest BCUT2D eigenvalue weighted by molar-refractivity contribution is 0.0531. The van der Waals surface area contributed by atoms with Gasteiger partial charge in [-0.2, -0.15) is 0 Å². The van der Waals surface area contributed by atoms with Crippen molar-refractivity contribution in [2.45, 2.75) is 32.1 Å². The summed E-state index contributed by atoms with van der Waals surface area (Å²) in [5.74, 6) is 0.860. The molecule has 1 aromatic carbocycles. The normalized spacial score (nSPS) is 17.5. The Kier molecular flexibility index (Phi) is 8.05. The quantitative estimate of drug-likeness (QED) is 0.435. The Labute approximate surface area is 145 Å². The van der Waals surface area contributed by atoms with Gasteiger partial charge in [-0.3, -0.25) is 4.99 Å². The summed E-state index contributed by atoms with van der Waals surface area (Å²) in [5, 5.41) is 6.67. The standard InChI is InChI=1S/C19H31N3O2/c1-3-20-18(21-12-15-23-4-2)22-16-19(10-13-24-14-11-19)17-8-6-5-7-9-17/h5-9H,3-4,10-16H2,1-2H3,(H2,20,21,22). The van der Waals surface area contributed by atoms with Crippen LogP contribution in [0.4, 0.5) is 0 Å². The van der Waals surface area contributed by atoms with Crippen molar-refractivity contribution < 1.29 is 9.47 Å². The zero-order valence-electron chi connectivity index (χ0n) is 15.0. The lowest BCUT2D eigenvalue weighted by Gasteiger charge is -2.36. The van der Waals surface area contributed by atoms with E-state index in [4.69, 9.17) is 14.5 Å². The Morgan fingerprint density at radius 3 is 2.58 bits per heavy atom. The molecule has 1 aromatic rings. The minimum atomic E-state index is 0.0712. The minimum absolute atomic E-state index is 0.0712. The number of rotatable bonds is 8. The van der Waals surface area contributed by atoms with E-state index in [1.165, 1.54) is 5.56 Å². The van der Waals surface area contributed by atoms with Crippen LogP contribution in [0.2, 0.25) is 0 Å². The predicted molar refractivity (Wildman–Crippen MR) is 98.6 cm³/mol. The monoisotopic (exact) mass is 333 g/mol. The van der Waals surface area contributed by atoms with Crippen LogP contribution >= 0.6 is 0 Å². The molecule has 2 N–H and O–H groups in total. The van der Waals surface area contributed by atoms with Crippen LogP contribution in [-0.2, 0) is 14.9 Å². The molecule has 134 valence electrons. The molecule has 0 amide bonds. The number of nitrogens with zero attached hydrogens (tertiary/aromatic N) is 1. The second kappa shape index (κ2) is 10.3. The van der Waals surface area contributed by atoms with E-state index in [2.05, 4.69) is 47.9 Å². The van der Waals surface area contributed by atoms with E-state index in [9.17, 15) is 0 Å². The van der Waals surface area contributed by atoms with Gasteiger partial charge in [-0.25, -0.2) is 0 Å². The highest BCUT2D eigenvalue weighted by molar-refractivity contribution is 5.79. The van der Waals surface area contributed by atoms with Crippen LogP contribution < -0.4 is 10.6 Å². The highest BCUT2D eigenvalue weighted by Gasteiger charge is 2.34. The fourth-order valence-corrected chi connectivity index (χ4v) is 3.05. The van der Waals surface area contributed by atoms with E-state index in [0.717, 1.165) is 58.3 Å². The zero-order chi connectivity index (χ0) is 17.1. The second-order valence-electron chi connectivity index (χ2n) is 6.08. The molecule has 1 aliphatic rings. The topological polar surface area (TPSA) is 54.9 Å². The Morgan fingerprint density at radius 2 is 1.92 bits per heavy atom. The number of hydrogen-bond acceptors (Lipinski definition) is 3. The number of aliphatic imine (C=N–C) groups is 1. The molecule has 2 rings (SSSR count). The molecule has 0 saturated carbocycles. The SMILES string of the molecule is CCNC(=NCC1(c2ccccc2)CCOCC1)NCCOCC. The van der Waals surface area contributed by atoms with Gasteiger partial charge >= 0.3 is 0 Å². The third-order valence-electron chi connectivity index (χ3n) is 4.46. The van der Waals surface area contributed by atoms with E-state index in [1.807, 2.05) is 6.92 Å². The first-order chi connectivity index (χ1) is 11.8. The van der Waals surface area contributed by atoms with Crippen molar-refractivity contribution in [1.29, 1.82) is 0 Å². The summed E-state index contributed by atoms with van der Waals surface area (Å²) in [6.07, 6.45) is 2.03. The van der Waals surface area contributed by atoms with Crippen molar-refractivity contribution in [1.82, 2.24) is 10.6 Å². The molecule has 0 spiro atoms. The Hall–Kier alpha value is -1.59. The largest absolute Gasteiger partial charge is 0.381 e. The first-order valence-electron chi connectivity index (χ1n) is 9.04. The van der Waals surface area contributed by atoms with Crippen molar-refractivity contribution in [3.8, 4) is 0 Å². The van der Waals surface area contributed by atoms with Gasteiger partial charge in [0.2, 0.25) is 0 Å². The molecular formula is C19H31N3O2. The van der Waals surface area contributed by atoms with Gasteiger partial charge < -0.3 is 20.1 Å². The highest BCUT2D eigenvalue weighted by Crippen LogP contribution is 2.35. The van der Waals surface area contributed by atoms with E-state index in [1.54, 1.807) is 0 Å². The molecular weight excluding hydrogens is 302 g/mol. The van der Waals surface area contributed by atoms with Gasteiger partial charge in [0.25, 0.3) is 0 Å². The summed E-state index contributed by atoms with van der Waals surface area (Å²) >= 11 is 0. The molecule has 0 atom stereocenters. The maximum absolute atomic E-state index is 5.60. The summed E-state index contributed by atoms with van der Waals surface area (Å²) in [5.41, 5.74) is 1.43. The Morgan fingerprint density at radius 1 is 1.17 bits per heavy atom. The maximum Gasteiger partial charge on any atom is 0.191 e. The molecule has 1 aliphatic heterocycles. The van der Waals surface area contributed by atoms with Gasteiger partial charge in [0.05, 0.1) is 13.2 Å². The molecule has 1 fully saturated rings. The number of guanidine groups is 1. The lowest BCUT2D eigenvalue weighted by Crippen LogP contribution is -2.42. The first kappa shape index (κ1) is 18.7. The van der Waals surface area contributed by atoms with Gasteiger partial charge in [0.1, 0.15) is 0 Å². The molecule has 5 heteroatoms. The molecule has 0 aromatic heterocycles. The fourth-order valence-electron chi connectivity index (χ4n) is 3.05. The van der Waals surface area contributed by atoms with Gasteiger partial charge in [0.15, 0.2) is 5.96 Å². The molecule has 24 heavy (non-hydrogen) atoms. The molecule has 1 saturated heterocycles. The highest BCUT2D eigenvalue weighted by atomic mass is 16.5. The maximum atomic E-state index is 5.60. The number of ether oxygens (including phenoxy) is 2. The Balaban J connectivity index is 2.06. The molecule has 0 aliphatic carbocycles. The number of hydrogen-bond donors (Lipinski definition) is 2. The summed E-state index contributed by atoms with van der Waals surface area (Å²) < 4.78 is 11.0. The van der Waals surface area contributed by atoms with E-state index >= 15 is 0 Å². The van der Waals surface area contributed by atoms with Gasteiger partial charge in [-0.15, -0.1) is 0 Å². The first-order valence-corrected chi connectivity index (χ1v) is 9.04. The van der Waals surface area contributed by atoms with E-state index in [0.29, 0.717) is 6.61 Å². The second-order valence-corrected chi connectivity index (χ2v) is 6.08. The Bertz CT molecular complexity index is 485. The van der Waals surface area contributed by atoms with Crippen molar-refractivity contribution >= 4 is 5.96 Å². The molecule has 0 bridgehead atoms. The fraction of sp³-hybridized carbons (Fsp3) is 0.632. The van der Waals surface area contributed by atoms with E-state index < -0.39 is 0 Å². The van der Waals surface area contributed by atoms with Crippen LogP contribution in [0.25, 0.3) is 0 Å². The summed E-state index contributed by atoms with van der Waals surface area (Å²) in [6.45, 7) is 9.52. The van der Waals surface area contributed by atoms with Gasteiger partial charge in [0, 0.05) is 38.3 Å². The summed E-state index contributed by atoms with van der Waals surface area (Å²) in [6, 6.07) is 10.7. The third-order valence-corrected chi connectivity index (χ3v) is 4.46. The van der Waals surface area contributed by atoms with Crippen molar-refractivity contribution in [3.63, 3.8) is 0 Å². The van der Waals surface area contributed by atoms with Crippen LogP contribution in [0.3, 0.4) is 0 Å². The average molecular weight is 333 g/mol. The predicted octanol–water partition coefficient (Wildman–Crippen LogP) is 2.33. The lowest BCUT2D eigenvalue weighted by atomic mass is 9.74. The van der Waals surface area contributed by atoms with E-state index in [-0.39, 0.29) is 5.41 Å². The smallest absolute Gasteiger partial charge is 0.191 e. The van der Waals surface area contributed by atoms with Gasteiger partial charge in [-0.05, 0) is 32.3 Å². The number of nitrogens with one attached hydrogen (secondary N) is 2. The third kappa shape index (κ3) is 5.49. The van der Waals surface area contributed by atoms with Crippen LogP contribution in [0.5, 0.6) is 0 Å². The van der Waals surface area contributed by atoms with Crippen LogP contribution in [0, 0.1) is 0 Å².